The van der Waals surface area contributed by atoms with Crippen molar-refractivity contribution in [1.82, 2.24) is 5.32 Å². The molecule has 0 radical (unpaired) electrons. The maximum absolute atomic E-state index is 5.70. The number of morpholine rings is 1. The zero-order valence-corrected chi connectivity index (χ0v) is 11.2. The molecular formula is C17H19NO. The van der Waals surface area contributed by atoms with Gasteiger partial charge in [0.1, 0.15) is 0 Å². The van der Waals surface area contributed by atoms with Gasteiger partial charge >= 0.3 is 0 Å². The minimum Gasteiger partial charge on any atom is -0.375 e. The van der Waals surface area contributed by atoms with Crippen LogP contribution in [0.1, 0.15) is 18.5 Å². The highest BCUT2D eigenvalue weighted by Gasteiger charge is 2.18. The third-order valence-electron chi connectivity index (χ3n) is 3.62. The van der Waals surface area contributed by atoms with Crippen LogP contribution < -0.4 is 5.32 Å². The molecule has 2 nitrogen and oxygen atoms in total. The van der Waals surface area contributed by atoms with Crippen molar-refractivity contribution >= 4 is 0 Å². The van der Waals surface area contributed by atoms with Crippen LogP contribution >= 0.6 is 0 Å². The van der Waals surface area contributed by atoms with Gasteiger partial charge in [-0.15, -0.1) is 0 Å². The van der Waals surface area contributed by atoms with Crippen molar-refractivity contribution in [2.24, 2.45) is 0 Å². The maximum Gasteiger partial charge on any atom is 0.0672 e. The van der Waals surface area contributed by atoms with E-state index in [4.69, 9.17) is 4.74 Å². The van der Waals surface area contributed by atoms with Crippen LogP contribution in [0.25, 0.3) is 11.1 Å². The first-order valence-corrected chi connectivity index (χ1v) is 6.83. The van der Waals surface area contributed by atoms with Crippen molar-refractivity contribution in [3.8, 4) is 11.1 Å². The van der Waals surface area contributed by atoms with E-state index < -0.39 is 0 Å². The van der Waals surface area contributed by atoms with Gasteiger partial charge in [0, 0.05) is 6.54 Å². The molecule has 0 amide bonds. The topological polar surface area (TPSA) is 21.3 Å². The van der Waals surface area contributed by atoms with Gasteiger partial charge in [-0.25, -0.2) is 0 Å². The van der Waals surface area contributed by atoms with Gasteiger partial charge in [0.25, 0.3) is 0 Å². The molecule has 1 N–H and O–H groups in total. The van der Waals surface area contributed by atoms with E-state index in [0.717, 1.165) is 13.2 Å². The summed E-state index contributed by atoms with van der Waals surface area (Å²) in [6.07, 6.45) is 0.319. The van der Waals surface area contributed by atoms with Gasteiger partial charge in [-0.3, -0.25) is 0 Å². The smallest absolute Gasteiger partial charge is 0.0672 e. The first kappa shape index (κ1) is 12.4. The summed E-state index contributed by atoms with van der Waals surface area (Å²) in [5.74, 6) is 0. The van der Waals surface area contributed by atoms with E-state index in [1.54, 1.807) is 0 Å². The number of benzene rings is 2. The molecule has 1 saturated heterocycles. The molecule has 98 valence electrons. The quantitative estimate of drug-likeness (QED) is 0.885. The zero-order chi connectivity index (χ0) is 13.1. The van der Waals surface area contributed by atoms with E-state index in [1.165, 1.54) is 16.7 Å². The summed E-state index contributed by atoms with van der Waals surface area (Å²) in [4.78, 5) is 0. The van der Waals surface area contributed by atoms with Crippen LogP contribution in [-0.2, 0) is 4.74 Å². The van der Waals surface area contributed by atoms with Crippen molar-refractivity contribution in [2.45, 2.75) is 19.1 Å². The summed E-state index contributed by atoms with van der Waals surface area (Å²) < 4.78 is 5.70. The lowest BCUT2D eigenvalue weighted by molar-refractivity contribution is 0.0149. The monoisotopic (exact) mass is 253 g/mol. The molecule has 19 heavy (non-hydrogen) atoms. The standard InChI is InChI=1S/C17H19NO/c1-13-11-18-17(12-19-13)16-9-7-15(8-10-16)14-5-3-2-4-6-14/h2-10,13,17-18H,11-12H2,1H3. The first-order valence-electron chi connectivity index (χ1n) is 6.83. The molecule has 0 aromatic heterocycles. The van der Waals surface area contributed by atoms with Crippen molar-refractivity contribution in [3.05, 3.63) is 60.2 Å². The summed E-state index contributed by atoms with van der Waals surface area (Å²) >= 11 is 0. The largest absolute Gasteiger partial charge is 0.375 e. The molecule has 1 aliphatic heterocycles. The summed E-state index contributed by atoms with van der Waals surface area (Å²) in [7, 11) is 0. The van der Waals surface area contributed by atoms with Gasteiger partial charge in [0.05, 0.1) is 18.8 Å². The van der Waals surface area contributed by atoms with Crippen molar-refractivity contribution in [1.29, 1.82) is 0 Å². The minimum atomic E-state index is 0.319. The average Bonchev–Trinajstić information content (AvgIpc) is 2.49. The first-order chi connectivity index (χ1) is 9.33. The third-order valence-corrected chi connectivity index (χ3v) is 3.62. The predicted octanol–water partition coefficient (Wildman–Crippen LogP) is 3.40. The summed E-state index contributed by atoms with van der Waals surface area (Å²) in [5, 5.41) is 3.52. The molecule has 1 fully saturated rings. The lowest BCUT2D eigenvalue weighted by Crippen LogP contribution is -2.39. The summed E-state index contributed by atoms with van der Waals surface area (Å²) in [6, 6.07) is 19.5. The molecule has 2 aromatic carbocycles. The predicted molar refractivity (Wildman–Crippen MR) is 78.0 cm³/mol. The van der Waals surface area contributed by atoms with Crippen LogP contribution in [0.3, 0.4) is 0 Å². The Morgan fingerprint density at radius 2 is 1.63 bits per heavy atom. The highest BCUT2D eigenvalue weighted by molar-refractivity contribution is 5.63. The fourth-order valence-corrected chi connectivity index (χ4v) is 2.44. The van der Waals surface area contributed by atoms with Gasteiger partial charge in [-0.1, -0.05) is 54.6 Å². The maximum atomic E-state index is 5.70. The molecule has 2 unspecified atom stereocenters. The fraction of sp³-hybridized carbons (Fsp3) is 0.294. The van der Waals surface area contributed by atoms with E-state index in [2.05, 4.69) is 60.8 Å². The number of nitrogens with one attached hydrogen (secondary N) is 1. The van der Waals surface area contributed by atoms with Crippen molar-refractivity contribution in [3.63, 3.8) is 0 Å². The van der Waals surface area contributed by atoms with Gasteiger partial charge < -0.3 is 10.1 Å². The van der Waals surface area contributed by atoms with Crippen LogP contribution in [0.4, 0.5) is 0 Å². The second-order valence-electron chi connectivity index (χ2n) is 5.09. The Hall–Kier alpha value is -1.64. The van der Waals surface area contributed by atoms with Gasteiger partial charge in [0.2, 0.25) is 0 Å². The minimum absolute atomic E-state index is 0.319. The Labute approximate surface area is 114 Å². The second kappa shape index (κ2) is 5.55. The van der Waals surface area contributed by atoms with Crippen molar-refractivity contribution < 1.29 is 4.74 Å². The number of rotatable bonds is 2. The summed E-state index contributed by atoms with van der Waals surface area (Å²) in [6.45, 7) is 3.78. The molecule has 0 aliphatic carbocycles. The molecule has 3 rings (SSSR count). The molecule has 2 atom stereocenters. The highest BCUT2D eigenvalue weighted by atomic mass is 16.5. The Morgan fingerprint density at radius 3 is 2.26 bits per heavy atom. The Balaban J connectivity index is 1.76. The number of hydrogen-bond donors (Lipinski definition) is 1. The van der Waals surface area contributed by atoms with E-state index in [1.807, 2.05) is 6.07 Å². The zero-order valence-electron chi connectivity index (χ0n) is 11.2. The Bertz CT molecular complexity index is 513. The van der Waals surface area contributed by atoms with Gasteiger partial charge in [0.15, 0.2) is 0 Å². The normalized spacial score (nSPS) is 23.2. The van der Waals surface area contributed by atoms with Crippen LogP contribution in [0.2, 0.25) is 0 Å². The van der Waals surface area contributed by atoms with Gasteiger partial charge in [-0.05, 0) is 23.6 Å². The van der Waals surface area contributed by atoms with Crippen molar-refractivity contribution in [2.75, 3.05) is 13.2 Å². The molecular weight excluding hydrogens is 234 g/mol. The fourth-order valence-electron chi connectivity index (χ4n) is 2.44. The Kier molecular flexibility index (Phi) is 3.62. The molecule has 1 aliphatic rings. The molecule has 1 heterocycles. The average molecular weight is 253 g/mol. The molecule has 2 aromatic rings. The van der Waals surface area contributed by atoms with Crippen LogP contribution in [0.15, 0.2) is 54.6 Å². The third kappa shape index (κ3) is 2.86. The van der Waals surface area contributed by atoms with E-state index in [9.17, 15) is 0 Å². The molecule has 0 spiro atoms. The van der Waals surface area contributed by atoms with Crippen LogP contribution in [0.5, 0.6) is 0 Å². The lowest BCUT2D eigenvalue weighted by atomic mass is 10.0. The molecule has 2 heteroatoms. The number of ether oxygens (including phenoxy) is 1. The number of hydrogen-bond acceptors (Lipinski definition) is 2. The van der Waals surface area contributed by atoms with Crippen LogP contribution in [-0.4, -0.2) is 19.3 Å². The van der Waals surface area contributed by atoms with Crippen LogP contribution in [0, 0.1) is 0 Å². The molecule has 0 bridgehead atoms. The van der Waals surface area contributed by atoms with Gasteiger partial charge in [-0.2, -0.15) is 0 Å². The lowest BCUT2D eigenvalue weighted by Gasteiger charge is -2.28. The van der Waals surface area contributed by atoms with E-state index in [0.29, 0.717) is 12.1 Å². The second-order valence-corrected chi connectivity index (χ2v) is 5.09. The SMILES string of the molecule is CC1CNC(c2ccc(-c3ccccc3)cc2)CO1. The Morgan fingerprint density at radius 1 is 0.947 bits per heavy atom. The molecule has 0 saturated carbocycles. The van der Waals surface area contributed by atoms with E-state index in [-0.39, 0.29) is 0 Å². The summed E-state index contributed by atoms with van der Waals surface area (Å²) in [5.41, 5.74) is 3.82. The highest BCUT2D eigenvalue weighted by Crippen LogP contribution is 2.23. The van der Waals surface area contributed by atoms with E-state index >= 15 is 0 Å².